The summed E-state index contributed by atoms with van der Waals surface area (Å²) in [6.45, 7) is 2.66. The van der Waals surface area contributed by atoms with Crippen LogP contribution in [0.15, 0.2) is 48.1 Å². The molecule has 0 atom stereocenters. The zero-order chi connectivity index (χ0) is 21.1. The summed E-state index contributed by atoms with van der Waals surface area (Å²) in [6.07, 6.45) is 5.57. The molecule has 6 nitrogen and oxygen atoms in total. The van der Waals surface area contributed by atoms with Crippen LogP contribution in [0.4, 0.5) is 5.69 Å². The normalized spacial score (nSPS) is 13.1. The van der Waals surface area contributed by atoms with Gasteiger partial charge in [0.15, 0.2) is 0 Å². The van der Waals surface area contributed by atoms with Crippen molar-refractivity contribution < 1.29 is 9.59 Å². The van der Waals surface area contributed by atoms with E-state index in [0.29, 0.717) is 35.3 Å². The molecular formula is C22H21ClN4O2S. The van der Waals surface area contributed by atoms with Crippen LogP contribution in [0.5, 0.6) is 0 Å². The van der Waals surface area contributed by atoms with Crippen LogP contribution in [0.3, 0.4) is 0 Å². The lowest BCUT2D eigenvalue weighted by Gasteiger charge is -2.22. The van der Waals surface area contributed by atoms with E-state index in [2.05, 4.69) is 15.3 Å². The first-order valence-corrected chi connectivity index (χ1v) is 11.0. The smallest absolute Gasteiger partial charge is 0.253 e. The van der Waals surface area contributed by atoms with Crippen molar-refractivity contribution in [3.63, 3.8) is 0 Å². The van der Waals surface area contributed by atoms with Gasteiger partial charge in [0, 0.05) is 36.8 Å². The second-order valence-corrected chi connectivity index (χ2v) is 8.67. The van der Waals surface area contributed by atoms with Crippen LogP contribution in [0.2, 0.25) is 5.02 Å². The third-order valence-corrected chi connectivity index (χ3v) is 6.04. The molecule has 1 fully saturated rings. The number of carbonyl (C=O) groups excluding carboxylic acids is 2. The molecule has 0 unspecified atom stereocenters. The first-order chi connectivity index (χ1) is 14.5. The first kappa shape index (κ1) is 20.5. The van der Waals surface area contributed by atoms with Gasteiger partial charge in [0.2, 0.25) is 5.91 Å². The van der Waals surface area contributed by atoms with E-state index in [0.717, 1.165) is 29.1 Å². The number of benzene rings is 1. The summed E-state index contributed by atoms with van der Waals surface area (Å²) < 4.78 is 0. The van der Waals surface area contributed by atoms with E-state index < -0.39 is 0 Å². The molecule has 1 saturated carbocycles. The van der Waals surface area contributed by atoms with E-state index in [1.54, 1.807) is 36.4 Å². The fraction of sp³-hybridized carbons (Fsp3) is 0.273. The number of carbonyl (C=O) groups is 2. The fourth-order valence-electron chi connectivity index (χ4n) is 3.14. The summed E-state index contributed by atoms with van der Waals surface area (Å²) in [7, 11) is 0. The van der Waals surface area contributed by atoms with Crippen LogP contribution in [0, 0.1) is 5.92 Å². The standard InChI is InChI=1S/C22H21ClN4O2S/c1-14(28)27(13-15-2-3-15)20-7-5-16(10-18(20)23)19-6-4-17(11-25-19)22(29)26-12-21-24-8-9-30-21/h4-11,15H,2-3,12-13H2,1H3,(H,26,29). The van der Waals surface area contributed by atoms with Crippen LogP contribution in [-0.2, 0) is 11.3 Å². The molecule has 1 aliphatic rings. The van der Waals surface area contributed by atoms with Crippen molar-refractivity contribution >= 4 is 40.4 Å². The molecule has 30 heavy (non-hydrogen) atoms. The van der Waals surface area contributed by atoms with Gasteiger partial charge in [-0.3, -0.25) is 14.6 Å². The topological polar surface area (TPSA) is 75.2 Å². The van der Waals surface area contributed by atoms with Gasteiger partial charge < -0.3 is 10.2 Å². The third-order valence-electron chi connectivity index (χ3n) is 4.96. The van der Waals surface area contributed by atoms with Crippen LogP contribution < -0.4 is 10.2 Å². The molecule has 2 amide bonds. The Balaban J connectivity index is 1.46. The summed E-state index contributed by atoms with van der Waals surface area (Å²) in [4.78, 5) is 34.6. The number of rotatable bonds is 7. The maximum Gasteiger partial charge on any atom is 0.253 e. The number of anilines is 1. The molecule has 4 rings (SSSR count). The molecule has 1 N–H and O–H groups in total. The number of aromatic nitrogens is 2. The average Bonchev–Trinajstić information content (AvgIpc) is 3.42. The predicted octanol–water partition coefficient (Wildman–Crippen LogP) is 4.55. The highest BCUT2D eigenvalue weighted by Gasteiger charge is 2.27. The lowest BCUT2D eigenvalue weighted by atomic mass is 10.1. The molecule has 0 radical (unpaired) electrons. The molecule has 2 aromatic heterocycles. The quantitative estimate of drug-likeness (QED) is 0.584. The average molecular weight is 441 g/mol. The van der Waals surface area contributed by atoms with E-state index in [4.69, 9.17) is 11.6 Å². The summed E-state index contributed by atoms with van der Waals surface area (Å²) in [5.41, 5.74) is 2.73. The monoisotopic (exact) mass is 440 g/mol. The number of amides is 2. The van der Waals surface area contributed by atoms with Gasteiger partial charge in [-0.05, 0) is 43.0 Å². The number of halogens is 1. The van der Waals surface area contributed by atoms with E-state index in [9.17, 15) is 9.59 Å². The molecule has 3 aromatic rings. The van der Waals surface area contributed by atoms with Gasteiger partial charge in [0.05, 0.1) is 28.5 Å². The molecule has 0 spiro atoms. The Hall–Kier alpha value is -2.77. The molecule has 1 aromatic carbocycles. The Labute approximate surface area is 183 Å². The van der Waals surface area contributed by atoms with Crippen molar-refractivity contribution in [2.75, 3.05) is 11.4 Å². The van der Waals surface area contributed by atoms with Crippen molar-refractivity contribution in [2.45, 2.75) is 26.3 Å². The molecule has 2 heterocycles. The highest BCUT2D eigenvalue weighted by atomic mass is 35.5. The van der Waals surface area contributed by atoms with Gasteiger partial charge in [0.25, 0.3) is 5.91 Å². The number of nitrogens with zero attached hydrogens (tertiary/aromatic N) is 3. The fourth-order valence-corrected chi connectivity index (χ4v) is 3.98. The number of hydrogen-bond acceptors (Lipinski definition) is 5. The second-order valence-electron chi connectivity index (χ2n) is 7.28. The summed E-state index contributed by atoms with van der Waals surface area (Å²) in [5, 5.41) is 6.06. The Morgan fingerprint density at radius 1 is 1.23 bits per heavy atom. The maximum absolute atomic E-state index is 12.3. The first-order valence-electron chi connectivity index (χ1n) is 9.72. The van der Waals surface area contributed by atoms with E-state index in [1.807, 2.05) is 23.6 Å². The highest BCUT2D eigenvalue weighted by Crippen LogP contribution is 2.35. The van der Waals surface area contributed by atoms with Crippen LogP contribution >= 0.6 is 22.9 Å². The van der Waals surface area contributed by atoms with Crippen molar-refractivity contribution in [3.8, 4) is 11.3 Å². The molecule has 8 heteroatoms. The summed E-state index contributed by atoms with van der Waals surface area (Å²) in [6, 6.07) is 9.09. The SMILES string of the molecule is CC(=O)N(CC1CC1)c1ccc(-c2ccc(C(=O)NCc3nccs3)cn2)cc1Cl. The van der Waals surface area contributed by atoms with Gasteiger partial charge in [-0.15, -0.1) is 11.3 Å². The molecule has 0 bridgehead atoms. The van der Waals surface area contributed by atoms with Crippen LogP contribution in [0.25, 0.3) is 11.3 Å². The maximum atomic E-state index is 12.3. The lowest BCUT2D eigenvalue weighted by molar-refractivity contribution is -0.116. The predicted molar refractivity (Wildman–Crippen MR) is 119 cm³/mol. The zero-order valence-electron chi connectivity index (χ0n) is 16.5. The Kier molecular flexibility index (Phi) is 6.11. The number of thiazole rings is 1. The third kappa shape index (κ3) is 4.86. The van der Waals surface area contributed by atoms with Crippen molar-refractivity contribution in [2.24, 2.45) is 5.92 Å². The number of pyridine rings is 1. The molecule has 154 valence electrons. The molecule has 0 saturated heterocycles. The van der Waals surface area contributed by atoms with Gasteiger partial charge in [0.1, 0.15) is 5.01 Å². The van der Waals surface area contributed by atoms with Crippen LogP contribution in [-0.4, -0.2) is 28.3 Å². The molecular weight excluding hydrogens is 420 g/mol. The Morgan fingerprint density at radius 2 is 2.07 bits per heavy atom. The van der Waals surface area contributed by atoms with Crippen LogP contribution in [0.1, 0.15) is 35.1 Å². The minimum absolute atomic E-state index is 0.0113. The second kappa shape index (κ2) is 8.93. The van der Waals surface area contributed by atoms with Crippen molar-refractivity contribution in [3.05, 3.63) is 63.7 Å². The largest absolute Gasteiger partial charge is 0.345 e. The molecule has 0 aliphatic heterocycles. The van der Waals surface area contributed by atoms with E-state index >= 15 is 0 Å². The number of nitrogens with one attached hydrogen (secondary N) is 1. The van der Waals surface area contributed by atoms with Crippen molar-refractivity contribution in [1.29, 1.82) is 0 Å². The van der Waals surface area contributed by atoms with E-state index in [1.165, 1.54) is 11.3 Å². The van der Waals surface area contributed by atoms with E-state index in [-0.39, 0.29) is 11.8 Å². The Bertz CT molecular complexity index is 1050. The molecule has 1 aliphatic carbocycles. The Morgan fingerprint density at radius 3 is 2.67 bits per heavy atom. The summed E-state index contributed by atoms with van der Waals surface area (Å²) >= 11 is 8.00. The van der Waals surface area contributed by atoms with Gasteiger partial charge in [-0.25, -0.2) is 4.98 Å². The van der Waals surface area contributed by atoms with Gasteiger partial charge in [-0.1, -0.05) is 17.7 Å². The summed E-state index contributed by atoms with van der Waals surface area (Å²) in [5.74, 6) is 0.359. The zero-order valence-corrected chi connectivity index (χ0v) is 18.0. The highest BCUT2D eigenvalue weighted by molar-refractivity contribution is 7.09. The number of hydrogen-bond donors (Lipinski definition) is 1. The minimum Gasteiger partial charge on any atom is -0.345 e. The van der Waals surface area contributed by atoms with Gasteiger partial charge in [-0.2, -0.15) is 0 Å². The van der Waals surface area contributed by atoms with Gasteiger partial charge >= 0.3 is 0 Å². The lowest BCUT2D eigenvalue weighted by Crippen LogP contribution is -2.30. The van der Waals surface area contributed by atoms with Crippen molar-refractivity contribution in [1.82, 2.24) is 15.3 Å². The minimum atomic E-state index is -0.199.